The van der Waals surface area contributed by atoms with Crippen LogP contribution in [0, 0.1) is 0 Å². The number of sulfone groups is 1. The molecule has 9 heteroatoms. The largest absolute Gasteiger partial charge is 0.349 e. The quantitative estimate of drug-likeness (QED) is 0.878. The lowest BCUT2D eigenvalue weighted by molar-refractivity contribution is -0.119. The van der Waals surface area contributed by atoms with Crippen molar-refractivity contribution >= 4 is 27.3 Å². The van der Waals surface area contributed by atoms with E-state index in [2.05, 4.69) is 15.5 Å². The second-order valence-corrected chi connectivity index (χ2v) is 7.08. The van der Waals surface area contributed by atoms with Gasteiger partial charge in [-0.2, -0.15) is 0 Å². The SMILES string of the molecule is C[C@@H](NC(=O)CS(=O)(=O)c1nncn1C)c1ccccc1Cl. The number of amides is 1. The van der Waals surface area contributed by atoms with Gasteiger partial charge in [0.2, 0.25) is 20.9 Å². The average Bonchev–Trinajstić information content (AvgIpc) is 2.85. The van der Waals surface area contributed by atoms with E-state index in [1.807, 2.05) is 0 Å². The third-order valence-electron chi connectivity index (χ3n) is 3.02. The molecule has 2 rings (SSSR count). The Morgan fingerprint density at radius 2 is 2.09 bits per heavy atom. The molecule has 0 unspecified atom stereocenters. The molecular formula is C13H15ClN4O3S. The fourth-order valence-electron chi connectivity index (χ4n) is 1.98. The molecule has 0 saturated carbocycles. The number of aromatic nitrogens is 3. The summed E-state index contributed by atoms with van der Waals surface area (Å²) in [4.78, 5) is 12.0. The third kappa shape index (κ3) is 3.63. The fraction of sp³-hybridized carbons (Fsp3) is 0.308. The van der Waals surface area contributed by atoms with Gasteiger partial charge in [-0.25, -0.2) is 8.42 Å². The molecule has 118 valence electrons. The van der Waals surface area contributed by atoms with Crippen molar-refractivity contribution < 1.29 is 13.2 Å². The van der Waals surface area contributed by atoms with Gasteiger partial charge in [-0.15, -0.1) is 10.2 Å². The van der Waals surface area contributed by atoms with Crippen molar-refractivity contribution in [2.75, 3.05) is 5.75 Å². The second kappa shape index (κ2) is 6.45. The fourth-order valence-corrected chi connectivity index (χ4v) is 3.49. The van der Waals surface area contributed by atoms with Crippen molar-refractivity contribution in [1.82, 2.24) is 20.1 Å². The van der Waals surface area contributed by atoms with E-state index < -0.39 is 27.5 Å². The summed E-state index contributed by atoms with van der Waals surface area (Å²) >= 11 is 6.05. The van der Waals surface area contributed by atoms with E-state index in [-0.39, 0.29) is 5.16 Å². The van der Waals surface area contributed by atoms with Crippen LogP contribution in [0.4, 0.5) is 0 Å². The van der Waals surface area contributed by atoms with Crippen molar-refractivity contribution in [3.8, 4) is 0 Å². The van der Waals surface area contributed by atoms with Crippen molar-refractivity contribution in [1.29, 1.82) is 0 Å². The van der Waals surface area contributed by atoms with Gasteiger partial charge in [0.25, 0.3) is 0 Å². The Kier molecular flexibility index (Phi) is 4.82. The Hall–Kier alpha value is -1.93. The Labute approximate surface area is 133 Å². The zero-order chi connectivity index (χ0) is 16.3. The zero-order valence-corrected chi connectivity index (χ0v) is 13.6. The van der Waals surface area contributed by atoms with Gasteiger partial charge < -0.3 is 9.88 Å². The highest BCUT2D eigenvalue weighted by Crippen LogP contribution is 2.22. The van der Waals surface area contributed by atoms with Crippen LogP contribution in [0.3, 0.4) is 0 Å². The Bertz CT molecular complexity index is 788. The molecule has 0 radical (unpaired) electrons. The molecule has 0 fully saturated rings. The first-order valence-electron chi connectivity index (χ1n) is 6.42. The van der Waals surface area contributed by atoms with Crippen LogP contribution >= 0.6 is 11.6 Å². The maximum Gasteiger partial charge on any atom is 0.249 e. The first-order valence-corrected chi connectivity index (χ1v) is 8.45. The van der Waals surface area contributed by atoms with Crippen LogP contribution in [0.15, 0.2) is 35.7 Å². The number of hydrogen-bond acceptors (Lipinski definition) is 5. The maximum atomic E-state index is 12.1. The smallest absolute Gasteiger partial charge is 0.249 e. The van der Waals surface area contributed by atoms with Crippen LogP contribution in [-0.2, 0) is 21.7 Å². The average molecular weight is 343 g/mol. The summed E-state index contributed by atoms with van der Waals surface area (Å²) in [6.07, 6.45) is 1.26. The lowest BCUT2D eigenvalue weighted by Crippen LogP contribution is -2.33. The molecule has 1 aromatic carbocycles. The summed E-state index contributed by atoms with van der Waals surface area (Å²) in [5.74, 6) is -1.33. The van der Waals surface area contributed by atoms with E-state index >= 15 is 0 Å². The summed E-state index contributed by atoms with van der Waals surface area (Å²) in [5, 5.41) is 9.89. The minimum Gasteiger partial charge on any atom is -0.349 e. The minimum atomic E-state index is -3.84. The molecule has 0 aliphatic rings. The number of aryl methyl sites for hydroxylation is 1. The Morgan fingerprint density at radius 1 is 1.41 bits per heavy atom. The van der Waals surface area contributed by atoms with E-state index in [1.54, 1.807) is 31.2 Å². The number of halogens is 1. The standard InChI is InChI=1S/C13H15ClN4O3S/c1-9(10-5-3-4-6-11(10)14)16-12(19)7-22(20,21)13-17-15-8-18(13)2/h3-6,8-9H,7H2,1-2H3,(H,16,19)/t9-/m1/s1. The van der Waals surface area contributed by atoms with Gasteiger partial charge in [0.15, 0.2) is 0 Å². The van der Waals surface area contributed by atoms with E-state index in [9.17, 15) is 13.2 Å². The second-order valence-electron chi connectivity index (χ2n) is 4.79. The molecule has 1 heterocycles. The number of nitrogens with one attached hydrogen (secondary N) is 1. The molecule has 0 bridgehead atoms. The van der Waals surface area contributed by atoms with Gasteiger partial charge in [0.05, 0.1) is 6.04 Å². The lowest BCUT2D eigenvalue weighted by Gasteiger charge is -2.15. The normalized spacial score (nSPS) is 12.9. The first kappa shape index (κ1) is 16.4. The number of benzene rings is 1. The van der Waals surface area contributed by atoms with Crippen molar-refractivity contribution in [3.05, 3.63) is 41.2 Å². The monoisotopic (exact) mass is 342 g/mol. The predicted octanol–water partition coefficient (Wildman–Crippen LogP) is 1.12. The third-order valence-corrected chi connectivity index (χ3v) is 4.93. The molecule has 1 aromatic heterocycles. The van der Waals surface area contributed by atoms with E-state index in [0.29, 0.717) is 10.6 Å². The summed E-state index contributed by atoms with van der Waals surface area (Å²) in [6.45, 7) is 1.73. The summed E-state index contributed by atoms with van der Waals surface area (Å²) in [5.41, 5.74) is 0.716. The highest BCUT2D eigenvalue weighted by atomic mass is 35.5. The van der Waals surface area contributed by atoms with Crippen molar-refractivity contribution in [2.24, 2.45) is 7.05 Å². The summed E-state index contributed by atoms with van der Waals surface area (Å²) in [6, 6.07) is 6.63. The van der Waals surface area contributed by atoms with Gasteiger partial charge >= 0.3 is 0 Å². The highest BCUT2D eigenvalue weighted by Gasteiger charge is 2.25. The zero-order valence-electron chi connectivity index (χ0n) is 12.0. The van der Waals surface area contributed by atoms with Crippen LogP contribution in [-0.4, -0.2) is 34.8 Å². The molecule has 1 N–H and O–H groups in total. The summed E-state index contributed by atoms with van der Waals surface area (Å²) < 4.78 is 25.4. The van der Waals surface area contributed by atoms with Gasteiger partial charge in [0.1, 0.15) is 12.1 Å². The molecule has 22 heavy (non-hydrogen) atoms. The molecule has 0 aliphatic carbocycles. The van der Waals surface area contributed by atoms with Crippen LogP contribution in [0.25, 0.3) is 0 Å². The van der Waals surface area contributed by atoms with Crippen LogP contribution < -0.4 is 5.32 Å². The molecule has 1 amide bonds. The van der Waals surface area contributed by atoms with Crippen molar-refractivity contribution in [2.45, 2.75) is 18.1 Å². The van der Waals surface area contributed by atoms with E-state index in [4.69, 9.17) is 11.6 Å². The molecule has 7 nitrogen and oxygen atoms in total. The van der Waals surface area contributed by atoms with E-state index in [0.717, 1.165) is 0 Å². The maximum absolute atomic E-state index is 12.1. The number of carbonyl (C=O) groups excluding carboxylic acids is 1. The molecule has 0 spiro atoms. The van der Waals surface area contributed by atoms with Crippen LogP contribution in [0.1, 0.15) is 18.5 Å². The molecule has 0 aliphatic heterocycles. The van der Waals surface area contributed by atoms with E-state index in [1.165, 1.54) is 17.9 Å². The number of nitrogens with zero attached hydrogens (tertiary/aromatic N) is 3. The topological polar surface area (TPSA) is 93.9 Å². The molecule has 0 saturated heterocycles. The molecule has 1 atom stereocenters. The Balaban J connectivity index is 2.08. The summed E-state index contributed by atoms with van der Waals surface area (Å²) in [7, 11) is -2.34. The van der Waals surface area contributed by atoms with Crippen LogP contribution in [0.2, 0.25) is 5.02 Å². The number of rotatable bonds is 5. The lowest BCUT2D eigenvalue weighted by atomic mass is 10.1. The molecule has 2 aromatic rings. The van der Waals surface area contributed by atoms with Crippen molar-refractivity contribution in [3.63, 3.8) is 0 Å². The van der Waals surface area contributed by atoms with Gasteiger partial charge in [0, 0.05) is 12.1 Å². The van der Waals surface area contributed by atoms with Gasteiger partial charge in [-0.1, -0.05) is 29.8 Å². The number of hydrogen-bond donors (Lipinski definition) is 1. The Morgan fingerprint density at radius 3 is 2.68 bits per heavy atom. The van der Waals surface area contributed by atoms with Crippen LogP contribution in [0.5, 0.6) is 0 Å². The number of carbonyl (C=O) groups is 1. The highest BCUT2D eigenvalue weighted by molar-refractivity contribution is 7.91. The first-order chi connectivity index (χ1) is 10.3. The predicted molar refractivity (Wildman–Crippen MR) is 81.1 cm³/mol. The molecular weight excluding hydrogens is 328 g/mol. The van der Waals surface area contributed by atoms with Gasteiger partial charge in [-0.3, -0.25) is 4.79 Å². The van der Waals surface area contributed by atoms with Gasteiger partial charge in [-0.05, 0) is 18.6 Å². The minimum absolute atomic E-state index is 0.243.